The van der Waals surface area contributed by atoms with E-state index in [4.69, 9.17) is 4.74 Å². The van der Waals surface area contributed by atoms with Crippen LogP contribution in [0.25, 0.3) is 0 Å². The maximum absolute atomic E-state index is 13.3. The van der Waals surface area contributed by atoms with Crippen LogP contribution in [0.4, 0.5) is 10.1 Å². The summed E-state index contributed by atoms with van der Waals surface area (Å²) < 4.78 is 45.6. The number of anilines is 1. The van der Waals surface area contributed by atoms with E-state index in [1.807, 2.05) is 24.3 Å². The maximum atomic E-state index is 13.3. The van der Waals surface area contributed by atoms with E-state index in [0.29, 0.717) is 13.0 Å². The van der Waals surface area contributed by atoms with Crippen LogP contribution in [0.5, 0.6) is 5.75 Å². The highest BCUT2D eigenvalue weighted by Gasteiger charge is 2.28. The predicted molar refractivity (Wildman–Crippen MR) is 120 cm³/mol. The molecule has 0 unspecified atom stereocenters. The van der Waals surface area contributed by atoms with Crippen molar-refractivity contribution in [1.29, 1.82) is 0 Å². The Kier molecular flexibility index (Phi) is 7.64. The summed E-state index contributed by atoms with van der Waals surface area (Å²) in [7, 11) is -2.33. The van der Waals surface area contributed by atoms with Gasteiger partial charge < -0.3 is 10.1 Å². The molecule has 1 N–H and O–H groups in total. The van der Waals surface area contributed by atoms with Crippen molar-refractivity contribution in [3.63, 3.8) is 0 Å². The lowest BCUT2D eigenvalue weighted by Crippen LogP contribution is -2.41. The van der Waals surface area contributed by atoms with Crippen LogP contribution in [-0.2, 0) is 21.2 Å². The second-order valence-corrected chi connectivity index (χ2v) is 9.76. The summed E-state index contributed by atoms with van der Waals surface area (Å²) in [6.45, 7) is 0.00950. The van der Waals surface area contributed by atoms with Crippen molar-refractivity contribution >= 4 is 33.0 Å². The van der Waals surface area contributed by atoms with Crippen LogP contribution in [0.3, 0.4) is 0 Å². The minimum absolute atomic E-state index is 0.115. The van der Waals surface area contributed by atoms with E-state index < -0.39 is 28.3 Å². The van der Waals surface area contributed by atoms with Crippen molar-refractivity contribution in [3.05, 3.63) is 77.4 Å². The number of hydrogen-bond acceptors (Lipinski definition) is 5. The fraction of sp³-hybridized carbons (Fsp3) is 0.227. The molecule has 0 radical (unpaired) electrons. The van der Waals surface area contributed by atoms with Crippen molar-refractivity contribution < 1.29 is 22.3 Å². The molecular formula is C22H23FN2O4S2. The summed E-state index contributed by atoms with van der Waals surface area (Å²) in [5, 5.41) is 4.41. The number of carbonyl (C=O) groups is 1. The number of amides is 1. The SMILES string of the molecule is COc1ccc(CCCNC(=O)CN(c2ccc(F)cc2)S(=O)(=O)c2cccs2)cc1. The maximum Gasteiger partial charge on any atom is 0.274 e. The van der Waals surface area contributed by atoms with Gasteiger partial charge in [0.1, 0.15) is 22.3 Å². The molecule has 0 aliphatic rings. The van der Waals surface area contributed by atoms with E-state index in [-0.39, 0.29) is 9.90 Å². The van der Waals surface area contributed by atoms with Crippen LogP contribution in [0.1, 0.15) is 12.0 Å². The zero-order valence-electron chi connectivity index (χ0n) is 17.0. The number of aryl methyl sites for hydroxylation is 1. The molecule has 0 fully saturated rings. The van der Waals surface area contributed by atoms with Gasteiger partial charge in [-0.25, -0.2) is 12.8 Å². The second-order valence-electron chi connectivity index (χ2n) is 6.72. The molecule has 3 aromatic rings. The van der Waals surface area contributed by atoms with Gasteiger partial charge in [-0.2, -0.15) is 0 Å². The Bertz CT molecular complexity index is 1080. The van der Waals surface area contributed by atoms with Crippen molar-refractivity contribution in [2.75, 3.05) is 24.5 Å². The third-order valence-corrected chi connectivity index (χ3v) is 7.71. The first kappa shape index (κ1) is 22.8. The molecule has 0 aliphatic heterocycles. The zero-order valence-corrected chi connectivity index (χ0v) is 18.6. The minimum atomic E-state index is -3.94. The van der Waals surface area contributed by atoms with Crippen molar-refractivity contribution in [3.8, 4) is 5.75 Å². The van der Waals surface area contributed by atoms with Crippen molar-refractivity contribution in [1.82, 2.24) is 5.32 Å². The van der Waals surface area contributed by atoms with E-state index in [1.54, 1.807) is 18.6 Å². The molecule has 0 spiro atoms. The van der Waals surface area contributed by atoms with Gasteiger partial charge in [0.2, 0.25) is 5.91 Å². The third-order valence-electron chi connectivity index (χ3n) is 4.56. The summed E-state index contributed by atoms with van der Waals surface area (Å²) in [5.41, 5.74) is 1.34. The molecule has 3 rings (SSSR count). The zero-order chi connectivity index (χ0) is 22.3. The average Bonchev–Trinajstić information content (AvgIpc) is 3.32. The first-order valence-corrected chi connectivity index (χ1v) is 11.9. The third kappa shape index (κ3) is 6.05. The molecule has 9 heteroatoms. The van der Waals surface area contributed by atoms with E-state index in [9.17, 15) is 17.6 Å². The van der Waals surface area contributed by atoms with Crippen molar-refractivity contribution in [2.24, 2.45) is 0 Å². The number of halogens is 1. The molecular weight excluding hydrogens is 439 g/mol. The van der Waals surface area contributed by atoms with Gasteiger partial charge in [-0.1, -0.05) is 18.2 Å². The molecule has 6 nitrogen and oxygen atoms in total. The molecule has 1 aromatic heterocycles. The van der Waals surface area contributed by atoms with Gasteiger partial charge in [0.15, 0.2) is 0 Å². The number of benzene rings is 2. The lowest BCUT2D eigenvalue weighted by atomic mass is 10.1. The fourth-order valence-corrected chi connectivity index (χ4v) is 5.47. The first-order valence-electron chi connectivity index (χ1n) is 9.61. The Morgan fingerprint density at radius 2 is 1.81 bits per heavy atom. The Balaban J connectivity index is 1.62. The van der Waals surface area contributed by atoms with Gasteiger partial charge in [0, 0.05) is 6.54 Å². The van der Waals surface area contributed by atoms with Crippen LogP contribution < -0.4 is 14.4 Å². The van der Waals surface area contributed by atoms with E-state index >= 15 is 0 Å². The standard InChI is InChI=1S/C22H23FN2O4S2/c1-29-20-12-6-17(7-13-20)4-2-14-24-21(26)16-25(19-10-8-18(23)9-11-19)31(27,28)22-5-3-15-30-22/h3,5-13,15H,2,4,14,16H2,1H3,(H,24,26). The first-order chi connectivity index (χ1) is 14.9. The highest BCUT2D eigenvalue weighted by atomic mass is 32.2. The highest BCUT2D eigenvalue weighted by Crippen LogP contribution is 2.26. The molecule has 1 amide bonds. The predicted octanol–water partition coefficient (Wildman–Crippen LogP) is 3.84. The van der Waals surface area contributed by atoms with E-state index in [2.05, 4.69) is 5.32 Å². The number of carbonyl (C=O) groups excluding carboxylic acids is 1. The Labute approximate surface area is 185 Å². The fourth-order valence-electron chi connectivity index (χ4n) is 2.94. The molecule has 164 valence electrons. The Morgan fingerprint density at radius 3 is 2.42 bits per heavy atom. The molecule has 0 saturated heterocycles. The smallest absolute Gasteiger partial charge is 0.274 e. The minimum Gasteiger partial charge on any atom is -0.497 e. The summed E-state index contributed by atoms with van der Waals surface area (Å²) >= 11 is 1.06. The monoisotopic (exact) mass is 462 g/mol. The summed E-state index contributed by atoms with van der Waals surface area (Å²) in [6, 6.07) is 15.8. The molecule has 31 heavy (non-hydrogen) atoms. The highest BCUT2D eigenvalue weighted by molar-refractivity contribution is 7.94. The second kappa shape index (κ2) is 10.4. The molecule has 0 bridgehead atoms. The van der Waals surface area contributed by atoms with E-state index in [1.165, 1.54) is 30.3 Å². The number of hydrogen-bond donors (Lipinski definition) is 1. The lowest BCUT2D eigenvalue weighted by molar-refractivity contribution is -0.119. The van der Waals surface area contributed by atoms with E-state index in [0.717, 1.165) is 33.4 Å². The summed E-state index contributed by atoms with van der Waals surface area (Å²) in [5.74, 6) is -0.135. The van der Waals surface area contributed by atoms with Gasteiger partial charge in [0.25, 0.3) is 10.0 Å². The topological polar surface area (TPSA) is 75.7 Å². The molecule has 2 aromatic carbocycles. The van der Waals surface area contributed by atoms with Gasteiger partial charge in [0.05, 0.1) is 12.8 Å². The largest absolute Gasteiger partial charge is 0.497 e. The number of nitrogens with one attached hydrogen (secondary N) is 1. The number of rotatable bonds is 10. The van der Waals surface area contributed by atoms with Crippen LogP contribution in [0.2, 0.25) is 0 Å². The molecule has 0 saturated carbocycles. The average molecular weight is 463 g/mol. The quantitative estimate of drug-likeness (QED) is 0.465. The summed E-state index contributed by atoms with van der Waals surface area (Å²) in [4.78, 5) is 12.5. The lowest BCUT2D eigenvalue weighted by Gasteiger charge is -2.23. The number of thiophene rings is 1. The summed E-state index contributed by atoms with van der Waals surface area (Å²) in [6.07, 6.45) is 1.46. The van der Waals surface area contributed by atoms with Gasteiger partial charge in [-0.15, -0.1) is 11.3 Å². The van der Waals surface area contributed by atoms with Crippen LogP contribution in [-0.4, -0.2) is 34.5 Å². The molecule has 0 atom stereocenters. The number of sulfonamides is 1. The van der Waals surface area contributed by atoms with Gasteiger partial charge in [-0.3, -0.25) is 9.10 Å². The van der Waals surface area contributed by atoms with Crippen LogP contribution >= 0.6 is 11.3 Å². The Hall–Kier alpha value is -2.91. The number of nitrogens with zero attached hydrogens (tertiary/aromatic N) is 1. The van der Waals surface area contributed by atoms with Gasteiger partial charge >= 0.3 is 0 Å². The van der Waals surface area contributed by atoms with Crippen LogP contribution in [0, 0.1) is 5.82 Å². The number of ether oxygens (including phenoxy) is 1. The number of methoxy groups -OCH3 is 1. The molecule has 1 heterocycles. The van der Waals surface area contributed by atoms with Gasteiger partial charge in [-0.05, 0) is 66.2 Å². The normalized spacial score (nSPS) is 11.2. The van der Waals surface area contributed by atoms with Crippen molar-refractivity contribution in [2.45, 2.75) is 17.1 Å². The molecule has 0 aliphatic carbocycles. The Morgan fingerprint density at radius 1 is 1.10 bits per heavy atom. The van der Waals surface area contributed by atoms with Crippen LogP contribution in [0.15, 0.2) is 70.3 Å².